The van der Waals surface area contributed by atoms with E-state index in [1.54, 1.807) is 0 Å². The zero-order valence-corrected chi connectivity index (χ0v) is 8.02. The molecule has 0 atom stereocenters. The van der Waals surface area contributed by atoms with E-state index in [1.165, 1.54) is 23.9 Å². The fraction of sp³-hybridized carbons (Fsp3) is 0.125. The Hall–Kier alpha value is -1.36. The van der Waals surface area contributed by atoms with Crippen molar-refractivity contribution in [3.05, 3.63) is 17.7 Å². The lowest BCUT2D eigenvalue weighted by Crippen LogP contribution is -2.12. The van der Waals surface area contributed by atoms with E-state index in [0.29, 0.717) is 16.9 Å². The Labute approximate surface area is 80.5 Å². The monoisotopic (exact) mass is 197 g/mol. The lowest BCUT2D eigenvalue weighted by atomic mass is 10.1. The van der Waals surface area contributed by atoms with Gasteiger partial charge in [-0.3, -0.25) is 4.79 Å². The molecule has 0 saturated heterocycles. The van der Waals surface area contributed by atoms with Crippen LogP contribution < -0.4 is 17.2 Å². The summed E-state index contributed by atoms with van der Waals surface area (Å²) in [6, 6.07) is 3.06. The summed E-state index contributed by atoms with van der Waals surface area (Å²) < 4.78 is 0. The number of anilines is 2. The predicted octanol–water partition coefficient (Wildman–Crippen LogP) is 0.672. The van der Waals surface area contributed by atoms with Crippen LogP contribution in [0.25, 0.3) is 0 Å². The first kappa shape index (κ1) is 9.73. The summed E-state index contributed by atoms with van der Waals surface area (Å²) in [6.07, 6.45) is 1.87. The Morgan fingerprint density at radius 1 is 1.31 bits per heavy atom. The van der Waals surface area contributed by atoms with E-state index in [0.717, 1.165) is 4.90 Å². The molecule has 70 valence electrons. The summed E-state index contributed by atoms with van der Waals surface area (Å²) in [5.74, 6) is -0.522. The van der Waals surface area contributed by atoms with E-state index in [4.69, 9.17) is 17.2 Å². The molecule has 6 N–H and O–H groups in total. The maximum Gasteiger partial charge on any atom is 0.248 e. The van der Waals surface area contributed by atoms with Crippen LogP contribution in [0.5, 0.6) is 0 Å². The molecular weight excluding hydrogens is 186 g/mol. The normalized spacial score (nSPS) is 9.92. The summed E-state index contributed by atoms with van der Waals surface area (Å²) in [7, 11) is 0. The number of thioether (sulfide) groups is 1. The summed E-state index contributed by atoms with van der Waals surface area (Å²) >= 11 is 1.44. The molecule has 0 unspecified atom stereocenters. The van der Waals surface area contributed by atoms with Gasteiger partial charge in [-0.05, 0) is 18.4 Å². The third kappa shape index (κ3) is 1.86. The molecule has 4 nitrogen and oxygen atoms in total. The Kier molecular flexibility index (Phi) is 2.67. The molecule has 0 fully saturated rings. The highest BCUT2D eigenvalue weighted by atomic mass is 32.2. The van der Waals surface area contributed by atoms with Crippen molar-refractivity contribution in [3.63, 3.8) is 0 Å². The number of nitrogens with two attached hydrogens (primary N) is 3. The highest BCUT2D eigenvalue weighted by molar-refractivity contribution is 7.99. The zero-order chi connectivity index (χ0) is 10.0. The molecule has 13 heavy (non-hydrogen) atoms. The molecule has 5 heteroatoms. The Bertz CT molecular complexity index is 328. The number of hydrogen-bond donors (Lipinski definition) is 3. The minimum atomic E-state index is -0.522. The van der Waals surface area contributed by atoms with Crippen LogP contribution in [-0.2, 0) is 0 Å². The van der Waals surface area contributed by atoms with Crippen molar-refractivity contribution in [1.82, 2.24) is 0 Å². The third-order valence-corrected chi connectivity index (χ3v) is 2.51. The molecule has 0 spiro atoms. The molecule has 1 rings (SSSR count). The van der Waals surface area contributed by atoms with Crippen LogP contribution in [0.15, 0.2) is 17.0 Å². The van der Waals surface area contributed by atoms with Gasteiger partial charge >= 0.3 is 0 Å². The SMILES string of the molecule is CSc1c(N)cc(C(N)=O)cc1N. The van der Waals surface area contributed by atoms with Crippen LogP contribution in [0.3, 0.4) is 0 Å². The second kappa shape index (κ2) is 3.57. The van der Waals surface area contributed by atoms with Gasteiger partial charge in [-0.1, -0.05) is 0 Å². The summed E-state index contributed by atoms with van der Waals surface area (Å²) in [6.45, 7) is 0. The molecule has 0 heterocycles. The number of rotatable bonds is 2. The van der Waals surface area contributed by atoms with E-state index >= 15 is 0 Å². The van der Waals surface area contributed by atoms with Crippen molar-refractivity contribution in [2.75, 3.05) is 17.7 Å². The highest BCUT2D eigenvalue weighted by Crippen LogP contribution is 2.30. The van der Waals surface area contributed by atoms with Crippen molar-refractivity contribution in [1.29, 1.82) is 0 Å². The maximum absolute atomic E-state index is 10.8. The number of nitrogen functional groups attached to an aromatic ring is 2. The number of carbonyl (C=O) groups is 1. The Morgan fingerprint density at radius 3 is 2.08 bits per heavy atom. The molecule has 0 aliphatic carbocycles. The second-order valence-electron chi connectivity index (χ2n) is 2.55. The number of carbonyl (C=O) groups excluding carboxylic acids is 1. The quantitative estimate of drug-likeness (QED) is 0.479. The van der Waals surface area contributed by atoms with Crippen LogP contribution >= 0.6 is 11.8 Å². The lowest BCUT2D eigenvalue weighted by Gasteiger charge is -2.07. The Morgan fingerprint density at radius 2 is 1.77 bits per heavy atom. The van der Waals surface area contributed by atoms with Gasteiger partial charge in [-0.25, -0.2) is 0 Å². The first-order valence-corrected chi connectivity index (χ1v) is 4.81. The van der Waals surface area contributed by atoms with Crippen molar-refractivity contribution in [2.24, 2.45) is 5.73 Å². The lowest BCUT2D eigenvalue weighted by molar-refractivity contribution is 0.100. The largest absolute Gasteiger partial charge is 0.398 e. The molecule has 0 aliphatic heterocycles. The van der Waals surface area contributed by atoms with E-state index in [2.05, 4.69) is 0 Å². The number of primary amides is 1. The molecular formula is C8H11N3OS. The van der Waals surface area contributed by atoms with Crippen LogP contribution in [0.4, 0.5) is 11.4 Å². The average Bonchev–Trinajstić information content (AvgIpc) is 2.03. The van der Waals surface area contributed by atoms with Crippen molar-refractivity contribution < 1.29 is 4.79 Å². The fourth-order valence-corrected chi connectivity index (χ4v) is 1.64. The molecule has 1 aromatic rings. The zero-order valence-electron chi connectivity index (χ0n) is 7.20. The summed E-state index contributed by atoms with van der Waals surface area (Å²) in [5, 5.41) is 0. The van der Waals surface area contributed by atoms with Crippen LogP contribution in [-0.4, -0.2) is 12.2 Å². The molecule has 0 radical (unpaired) electrons. The number of hydrogen-bond acceptors (Lipinski definition) is 4. The molecule has 0 saturated carbocycles. The molecule has 0 bridgehead atoms. The number of amides is 1. The van der Waals surface area contributed by atoms with E-state index in [-0.39, 0.29) is 0 Å². The van der Waals surface area contributed by atoms with Crippen molar-refractivity contribution in [3.8, 4) is 0 Å². The second-order valence-corrected chi connectivity index (χ2v) is 3.37. The standard InChI is InChI=1S/C8H11N3OS/c1-13-7-5(9)2-4(8(11)12)3-6(7)10/h2-3H,9-10H2,1H3,(H2,11,12). The minimum absolute atomic E-state index is 0.341. The molecule has 1 aromatic carbocycles. The van der Waals surface area contributed by atoms with Gasteiger partial charge in [-0.2, -0.15) is 0 Å². The van der Waals surface area contributed by atoms with Gasteiger partial charge in [0.25, 0.3) is 0 Å². The van der Waals surface area contributed by atoms with Crippen molar-refractivity contribution in [2.45, 2.75) is 4.90 Å². The van der Waals surface area contributed by atoms with Gasteiger partial charge < -0.3 is 17.2 Å². The molecule has 1 amide bonds. The summed E-state index contributed by atoms with van der Waals surface area (Å²) in [5.41, 5.74) is 17.7. The summed E-state index contributed by atoms with van der Waals surface area (Å²) in [4.78, 5) is 11.6. The smallest absolute Gasteiger partial charge is 0.248 e. The minimum Gasteiger partial charge on any atom is -0.398 e. The van der Waals surface area contributed by atoms with Gasteiger partial charge in [0.1, 0.15) is 0 Å². The number of benzene rings is 1. The third-order valence-electron chi connectivity index (χ3n) is 1.64. The van der Waals surface area contributed by atoms with Gasteiger partial charge in [0.05, 0.1) is 4.90 Å². The van der Waals surface area contributed by atoms with Gasteiger partial charge in [0.2, 0.25) is 5.91 Å². The average molecular weight is 197 g/mol. The van der Waals surface area contributed by atoms with Crippen molar-refractivity contribution >= 4 is 29.0 Å². The molecule has 0 aromatic heterocycles. The fourth-order valence-electron chi connectivity index (χ4n) is 1.05. The maximum atomic E-state index is 10.8. The predicted molar refractivity (Wildman–Crippen MR) is 55.6 cm³/mol. The van der Waals surface area contributed by atoms with Gasteiger partial charge in [0, 0.05) is 16.9 Å². The van der Waals surface area contributed by atoms with E-state index in [9.17, 15) is 4.79 Å². The van der Waals surface area contributed by atoms with E-state index in [1.807, 2.05) is 6.26 Å². The van der Waals surface area contributed by atoms with Gasteiger partial charge in [-0.15, -0.1) is 11.8 Å². The van der Waals surface area contributed by atoms with E-state index < -0.39 is 5.91 Å². The first-order chi connectivity index (χ1) is 6.06. The topological polar surface area (TPSA) is 95.1 Å². The first-order valence-electron chi connectivity index (χ1n) is 3.59. The molecule has 0 aliphatic rings. The Balaban J connectivity index is 3.28. The van der Waals surface area contributed by atoms with Crippen LogP contribution in [0.2, 0.25) is 0 Å². The van der Waals surface area contributed by atoms with Crippen LogP contribution in [0, 0.1) is 0 Å². The van der Waals surface area contributed by atoms with Crippen LogP contribution in [0.1, 0.15) is 10.4 Å². The highest BCUT2D eigenvalue weighted by Gasteiger charge is 2.08. The van der Waals surface area contributed by atoms with Gasteiger partial charge in [0.15, 0.2) is 0 Å².